The minimum atomic E-state index is -0.182. The molecule has 0 aromatic rings. The molecule has 1 N–H and O–H groups in total. The summed E-state index contributed by atoms with van der Waals surface area (Å²) in [5, 5.41) is 10.2. The van der Waals surface area contributed by atoms with E-state index in [4.69, 9.17) is 14.2 Å². The first-order chi connectivity index (χ1) is 8.79. The van der Waals surface area contributed by atoms with E-state index in [0.29, 0.717) is 18.4 Å². The third-order valence-electron chi connectivity index (χ3n) is 4.90. The van der Waals surface area contributed by atoms with Gasteiger partial charge in [0.1, 0.15) is 0 Å². The fourth-order valence-corrected chi connectivity index (χ4v) is 3.72. The summed E-state index contributed by atoms with van der Waals surface area (Å²) in [4.78, 5) is 0. The average molecular weight is 256 g/mol. The Kier molecular flexibility index (Phi) is 3.89. The Bertz CT molecular complexity index is 269. The SMILES string of the molecule is OC1CCOCC1C1CCOC2(CCOCC2)C1. The van der Waals surface area contributed by atoms with E-state index in [9.17, 15) is 5.11 Å². The van der Waals surface area contributed by atoms with Gasteiger partial charge in [0.2, 0.25) is 0 Å². The highest BCUT2D eigenvalue weighted by molar-refractivity contribution is 4.92. The van der Waals surface area contributed by atoms with E-state index in [1.54, 1.807) is 0 Å². The Hall–Kier alpha value is -0.160. The predicted octanol–water partition coefficient (Wildman–Crippen LogP) is 1.36. The first-order valence-electron chi connectivity index (χ1n) is 7.27. The molecule has 0 aromatic heterocycles. The van der Waals surface area contributed by atoms with Crippen molar-refractivity contribution in [3.8, 4) is 0 Å². The number of hydrogen-bond acceptors (Lipinski definition) is 4. The number of aliphatic hydroxyl groups is 1. The lowest BCUT2D eigenvalue weighted by Gasteiger charge is -2.46. The van der Waals surface area contributed by atoms with Crippen LogP contribution in [-0.4, -0.2) is 49.8 Å². The maximum absolute atomic E-state index is 10.2. The van der Waals surface area contributed by atoms with Crippen molar-refractivity contribution in [1.29, 1.82) is 0 Å². The lowest BCUT2D eigenvalue weighted by molar-refractivity contribution is -0.167. The average Bonchev–Trinajstić information content (AvgIpc) is 2.40. The highest BCUT2D eigenvalue weighted by atomic mass is 16.5. The molecule has 3 heterocycles. The van der Waals surface area contributed by atoms with Gasteiger partial charge in [-0.15, -0.1) is 0 Å². The van der Waals surface area contributed by atoms with Crippen LogP contribution < -0.4 is 0 Å². The van der Waals surface area contributed by atoms with Gasteiger partial charge in [-0.3, -0.25) is 0 Å². The molecule has 0 aliphatic carbocycles. The van der Waals surface area contributed by atoms with Crippen LogP contribution in [0, 0.1) is 11.8 Å². The van der Waals surface area contributed by atoms with Crippen LogP contribution in [0.15, 0.2) is 0 Å². The van der Waals surface area contributed by atoms with Gasteiger partial charge in [0.15, 0.2) is 0 Å². The maximum atomic E-state index is 10.2. The second-order valence-corrected chi connectivity index (χ2v) is 5.99. The van der Waals surface area contributed by atoms with Crippen molar-refractivity contribution in [1.82, 2.24) is 0 Å². The van der Waals surface area contributed by atoms with Crippen molar-refractivity contribution in [3.63, 3.8) is 0 Å². The molecule has 3 fully saturated rings. The molecule has 0 bridgehead atoms. The number of aliphatic hydroxyl groups excluding tert-OH is 1. The quantitative estimate of drug-likeness (QED) is 0.769. The van der Waals surface area contributed by atoms with Gasteiger partial charge in [-0.2, -0.15) is 0 Å². The van der Waals surface area contributed by atoms with Gasteiger partial charge in [-0.25, -0.2) is 0 Å². The van der Waals surface area contributed by atoms with Crippen molar-refractivity contribution >= 4 is 0 Å². The molecule has 3 atom stereocenters. The minimum absolute atomic E-state index is 0.0261. The molecule has 4 nitrogen and oxygen atoms in total. The van der Waals surface area contributed by atoms with Crippen LogP contribution in [0.4, 0.5) is 0 Å². The lowest BCUT2D eigenvalue weighted by atomic mass is 9.73. The summed E-state index contributed by atoms with van der Waals surface area (Å²) in [5.74, 6) is 0.856. The molecule has 0 amide bonds. The van der Waals surface area contributed by atoms with Crippen molar-refractivity contribution in [2.75, 3.05) is 33.0 Å². The minimum Gasteiger partial charge on any atom is -0.393 e. The summed E-state index contributed by atoms with van der Waals surface area (Å²) >= 11 is 0. The van der Waals surface area contributed by atoms with Gasteiger partial charge in [0, 0.05) is 32.3 Å². The zero-order chi connectivity index (χ0) is 12.4. The Balaban J connectivity index is 1.65. The van der Waals surface area contributed by atoms with E-state index in [2.05, 4.69) is 0 Å². The zero-order valence-corrected chi connectivity index (χ0v) is 11.0. The van der Waals surface area contributed by atoms with Crippen LogP contribution in [0.1, 0.15) is 32.1 Å². The van der Waals surface area contributed by atoms with Crippen molar-refractivity contribution in [3.05, 3.63) is 0 Å². The van der Waals surface area contributed by atoms with Gasteiger partial charge in [0.25, 0.3) is 0 Å². The lowest BCUT2D eigenvalue weighted by Crippen LogP contribution is -2.48. The molecule has 1 spiro atoms. The van der Waals surface area contributed by atoms with Crippen LogP contribution in [0.3, 0.4) is 0 Å². The molecule has 4 heteroatoms. The molecule has 3 aliphatic heterocycles. The molecule has 3 saturated heterocycles. The van der Waals surface area contributed by atoms with E-state index in [-0.39, 0.29) is 11.7 Å². The van der Waals surface area contributed by atoms with E-state index in [1.807, 2.05) is 0 Å². The summed E-state index contributed by atoms with van der Waals surface area (Å²) in [7, 11) is 0. The van der Waals surface area contributed by atoms with Gasteiger partial charge in [-0.1, -0.05) is 0 Å². The highest BCUT2D eigenvalue weighted by Crippen LogP contribution is 2.41. The monoisotopic (exact) mass is 256 g/mol. The van der Waals surface area contributed by atoms with Crippen LogP contribution in [0.5, 0.6) is 0 Å². The van der Waals surface area contributed by atoms with Gasteiger partial charge in [-0.05, 0) is 38.0 Å². The third kappa shape index (κ3) is 2.57. The molecule has 0 saturated carbocycles. The molecular formula is C14H24O4. The van der Waals surface area contributed by atoms with Crippen molar-refractivity contribution in [2.24, 2.45) is 11.8 Å². The normalized spacial score (nSPS) is 40.8. The summed E-state index contributed by atoms with van der Waals surface area (Å²) < 4.78 is 17.1. The molecular weight excluding hydrogens is 232 g/mol. The van der Waals surface area contributed by atoms with Crippen LogP contribution in [-0.2, 0) is 14.2 Å². The van der Waals surface area contributed by atoms with E-state index >= 15 is 0 Å². The van der Waals surface area contributed by atoms with Crippen LogP contribution in [0.2, 0.25) is 0 Å². The summed E-state index contributed by atoms with van der Waals surface area (Å²) in [6, 6.07) is 0. The predicted molar refractivity (Wildman–Crippen MR) is 66.4 cm³/mol. The Morgan fingerprint density at radius 2 is 1.78 bits per heavy atom. The third-order valence-corrected chi connectivity index (χ3v) is 4.90. The van der Waals surface area contributed by atoms with Gasteiger partial charge in [0.05, 0.1) is 18.3 Å². The van der Waals surface area contributed by atoms with E-state index < -0.39 is 0 Å². The van der Waals surface area contributed by atoms with Crippen molar-refractivity contribution < 1.29 is 19.3 Å². The number of ether oxygens (including phenoxy) is 3. The van der Waals surface area contributed by atoms with Gasteiger partial charge < -0.3 is 19.3 Å². The standard InChI is InChI=1S/C14H24O4/c15-13-2-5-17-10-12(13)11-1-6-18-14(9-11)3-7-16-8-4-14/h11-13,15H,1-10H2. The molecule has 18 heavy (non-hydrogen) atoms. The van der Waals surface area contributed by atoms with Gasteiger partial charge >= 0.3 is 0 Å². The number of hydrogen-bond donors (Lipinski definition) is 1. The maximum Gasteiger partial charge on any atom is 0.0729 e. The largest absolute Gasteiger partial charge is 0.393 e. The topological polar surface area (TPSA) is 47.9 Å². The fourth-order valence-electron chi connectivity index (χ4n) is 3.72. The molecule has 3 aliphatic rings. The first-order valence-corrected chi connectivity index (χ1v) is 7.27. The summed E-state index contributed by atoms with van der Waals surface area (Å²) in [5.41, 5.74) is 0.0261. The first kappa shape index (κ1) is 12.9. The summed E-state index contributed by atoms with van der Waals surface area (Å²) in [6.45, 7) is 3.89. The van der Waals surface area contributed by atoms with E-state index in [0.717, 1.165) is 58.5 Å². The molecule has 3 unspecified atom stereocenters. The second-order valence-electron chi connectivity index (χ2n) is 5.99. The molecule has 0 aromatic carbocycles. The fraction of sp³-hybridized carbons (Fsp3) is 1.00. The molecule has 3 rings (SSSR count). The Labute approximate surface area is 109 Å². The van der Waals surface area contributed by atoms with Crippen LogP contribution >= 0.6 is 0 Å². The Morgan fingerprint density at radius 1 is 0.944 bits per heavy atom. The highest BCUT2D eigenvalue weighted by Gasteiger charge is 2.43. The Morgan fingerprint density at radius 3 is 2.56 bits per heavy atom. The molecule has 0 radical (unpaired) electrons. The molecule has 104 valence electrons. The summed E-state index contributed by atoms with van der Waals surface area (Å²) in [6.07, 6.45) is 4.76. The van der Waals surface area contributed by atoms with E-state index in [1.165, 1.54) is 0 Å². The second kappa shape index (κ2) is 5.45. The zero-order valence-electron chi connectivity index (χ0n) is 11.0. The van der Waals surface area contributed by atoms with Crippen molar-refractivity contribution in [2.45, 2.75) is 43.8 Å². The smallest absolute Gasteiger partial charge is 0.0729 e. The number of rotatable bonds is 1. The van der Waals surface area contributed by atoms with Crippen LogP contribution in [0.25, 0.3) is 0 Å².